The molecule has 0 bridgehead atoms. The van der Waals surface area contributed by atoms with Crippen LogP contribution in [0.2, 0.25) is 0 Å². The van der Waals surface area contributed by atoms with E-state index in [0.29, 0.717) is 12.0 Å². The van der Waals surface area contributed by atoms with Crippen molar-refractivity contribution >= 4 is 5.69 Å². The molecule has 1 N–H and O–H groups in total. The Bertz CT molecular complexity index is 480. The Balaban J connectivity index is 2.00. The first kappa shape index (κ1) is 10.5. The molecule has 0 amide bonds. The quantitative estimate of drug-likeness (QED) is 0.796. The van der Waals surface area contributed by atoms with Crippen molar-refractivity contribution < 1.29 is 4.39 Å². The molecule has 2 aliphatic rings. The van der Waals surface area contributed by atoms with Crippen molar-refractivity contribution in [2.24, 2.45) is 5.92 Å². The minimum absolute atomic E-state index is 0.181. The van der Waals surface area contributed by atoms with Crippen LogP contribution < -0.4 is 10.2 Å². The minimum Gasteiger partial charge on any atom is -0.366 e. The van der Waals surface area contributed by atoms with E-state index in [1.807, 2.05) is 12.1 Å². The third-order valence-corrected chi connectivity index (χ3v) is 3.86. The second-order valence-electron chi connectivity index (χ2n) is 4.71. The van der Waals surface area contributed by atoms with Crippen LogP contribution in [0.1, 0.15) is 12.0 Å². The average Bonchev–Trinajstić information content (AvgIpc) is 2.90. The topological polar surface area (TPSA) is 39.1 Å². The standard InChI is InChI=1S/C13H14FN3/c14-11-2-1-3-12(10(11)6-15)17-5-4-9-7-16-8-13(9)17/h1-3,9,13,16H,4-5,7-8H2/t9-,13+/m1/s1. The molecule has 2 saturated heterocycles. The van der Waals surface area contributed by atoms with Gasteiger partial charge >= 0.3 is 0 Å². The summed E-state index contributed by atoms with van der Waals surface area (Å²) in [6.45, 7) is 2.90. The molecule has 1 aromatic carbocycles. The van der Waals surface area contributed by atoms with Gasteiger partial charge in [-0.25, -0.2) is 4.39 Å². The Kier molecular flexibility index (Phi) is 2.49. The minimum atomic E-state index is -0.417. The zero-order chi connectivity index (χ0) is 11.8. The first-order valence-corrected chi connectivity index (χ1v) is 5.97. The van der Waals surface area contributed by atoms with Gasteiger partial charge in [-0.15, -0.1) is 0 Å². The van der Waals surface area contributed by atoms with Crippen molar-refractivity contribution in [3.8, 4) is 6.07 Å². The monoisotopic (exact) mass is 231 g/mol. The van der Waals surface area contributed by atoms with E-state index in [9.17, 15) is 4.39 Å². The van der Waals surface area contributed by atoms with Crippen LogP contribution in [0.3, 0.4) is 0 Å². The van der Waals surface area contributed by atoms with E-state index in [4.69, 9.17) is 5.26 Å². The molecule has 0 aliphatic carbocycles. The third-order valence-electron chi connectivity index (χ3n) is 3.86. The zero-order valence-corrected chi connectivity index (χ0v) is 9.49. The van der Waals surface area contributed by atoms with Crippen molar-refractivity contribution in [2.45, 2.75) is 12.5 Å². The van der Waals surface area contributed by atoms with Crippen LogP contribution in [0.15, 0.2) is 18.2 Å². The molecule has 0 radical (unpaired) electrons. The fourth-order valence-electron chi connectivity index (χ4n) is 3.01. The molecule has 2 fully saturated rings. The molecule has 0 unspecified atom stereocenters. The van der Waals surface area contributed by atoms with Crippen LogP contribution >= 0.6 is 0 Å². The van der Waals surface area contributed by atoms with Crippen LogP contribution in [0.4, 0.5) is 10.1 Å². The van der Waals surface area contributed by atoms with Crippen LogP contribution in [0.5, 0.6) is 0 Å². The summed E-state index contributed by atoms with van der Waals surface area (Å²) in [5, 5.41) is 12.4. The number of hydrogen-bond donors (Lipinski definition) is 1. The van der Waals surface area contributed by atoms with E-state index in [-0.39, 0.29) is 5.56 Å². The molecule has 3 rings (SSSR count). The molecule has 3 nitrogen and oxygen atoms in total. The van der Waals surface area contributed by atoms with Gasteiger partial charge in [0.1, 0.15) is 17.4 Å². The zero-order valence-electron chi connectivity index (χ0n) is 9.49. The Morgan fingerprint density at radius 2 is 2.29 bits per heavy atom. The van der Waals surface area contributed by atoms with Gasteiger partial charge < -0.3 is 10.2 Å². The highest BCUT2D eigenvalue weighted by atomic mass is 19.1. The van der Waals surface area contributed by atoms with E-state index in [1.165, 1.54) is 6.07 Å². The van der Waals surface area contributed by atoms with Gasteiger partial charge in [0, 0.05) is 25.7 Å². The van der Waals surface area contributed by atoms with Crippen molar-refractivity contribution in [1.82, 2.24) is 5.32 Å². The third kappa shape index (κ3) is 1.58. The normalized spacial score (nSPS) is 26.9. The molecule has 88 valence electrons. The molecule has 1 aromatic rings. The predicted octanol–water partition coefficient (Wildman–Crippen LogP) is 1.50. The van der Waals surface area contributed by atoms with Crippen molar-refractivity contribution in [2.75, 3.05) is 24.5 Å². The Labute approximate surface area is 99.8 Å². The summed E-state index contributed by atoms with van der Waals surface area (Å²) < 4.78 is 13.6. The summed E-state index contributed by atoms with van der Waals surface area (Å²) in [6.07, 6.45) is 1.12. The molecule has 0 aromatic heterocycles. The number of hydrogen-bond acceptors (Lipinski definition) is 3. The molecule has 4 heteroatoms. The number of anilines is 1. The van der Waals surface area contributed by atoms with Crippen molar-refractivity contribution in [1.29, 1.82) is 5.26 Å². The Hall–Kier alpha value is -1.60. The maximum Gasteiger partial charge on any atom is 0.143 e. The largest absolute Gasteiger partial charge is 0.366 e. The number of halogens is 1. The van der Waals surface area contributed by atoms with Crippen molar-refractivity contribution in [3.63, 3.8) is 0 Å². The van der Waals surface area contributed by atoms with Gasteiger partial charge in [-0.2, -0.15) is 5.26 Å². The molecule has 0 spiro atoms. The number of fused-ring (bicyclic) bond motifs is 1. The van der Waals surface area contributed by atoms with Crippen LogP contribution in [0.25, 0.3) is 0 Å². The molecule has 2 heterocycles. The lowest BCUT2D eigenvalue weighted by atomic mass is 10.0. The molecular weight excluding hydrogens is 217 g/mol. The first-order chi connectivity index (χ1) is 8.31. The lowest BCUT2D eigenvalue weighted by molar-refractivity contribution is 0.577. The summed E-state index contributed by atoms with van der Waals surface area (Å²) in [7, 11) is 0. The van der Waals surface area contributed by atoms with Gasteiger partial charge in [0.15, 0.2) is 0 Å². The van der Waals surface area contributed by atoms with Crippen LogP contribution in [0, 0.1) is 23.1 Å². The van der Waals surface area contributed by atoms with Gasteiger partial charge in [-0.05, 0) is 24.5 Å². The fourth-order valence-corrected chi connectivity index (χ4v) is 3.01. The average molecular weight is 231 g/mol. The molecule has 2 atom stereocenters. The number of rotatable bonds is 1. The van der Waals surface area contributed by atoms with E-state index in [1.54, 1.807) is 6.07 Å². The molecular formula is C13H14FN3. The second-order valence-corrected chi connectivity index (χ2v) is 4.71. The van der Waals surface area contributed by atoms with Gasteiger partial charge in [-0.1, -0.05) is 6.07 Å². The van der Waals surface area contributed by atoms with E-state index < -0.39 is 5.82 Å². The maximum atomic E-state index is 13.6. The highest BCUT2D eigenvalue weighted by molar-refractivity contribution is 5.61. The van der Waals surface area contributed by atoms with E-state index in [0.717, 1.165) is 31.7 Å². The van der Waals surface area contributed by atoms with Gasteiger partial charge in [0.25, 0.3) is 0 Å². The second kappa shape index (κ2) is 4.01. The summed E-state index contributed by atoms with van der Waals surface area (Å²) in [5.74, 6) is 0.226. The Morgan fingerprint density at radius 3 is 3.12 bits per heavy atom. The smallest absolute Gasteiger partial charge is 0.143 e. The lowest BCUT2D eigenvalue weighted by Gasteiger charge is -2.26. The van der Waals surface area contributed by atoms with Crippen LogP contribution in [-0.2, 0) is 0 Å². The highest BCUT2D eigenvalue weighted by Gasteiger charge is 2.38. The molecule has 17 heavy (non-hydrogen) atoms. The number of nitriles is 1. The summed E-state index contributed by atoms with van der Waals surface area (Å²) in [6, 6.07) is 7.28. The highest BCUT2D eigenvalue weighted by Crippen LogP contribution is 2.34. The molecule has 2 aliphatic heterocycles. The summed E-state index contributed by atoms with van der Waals surface area (Å²) in [5.41, 5.74) is 0.934. The molecule has 0 saturated carbocycles. The van der Waals surface area contributed by atoms with E-state index in [2.05, 4.69) is 10.2 Å². The number of nitrogens with one attached hydrogen (secondary N) is 1. The fraction of sp³-hybridized carbons (Fsp3) is 0.462. The maximum absolute atomic E-state index is 13.6. The van der Waals surface area contributed by atoms with Crippen LogP contribution in [-0.4, -0.2) is 25.7 Å². The lowest BCUT2D eigenvalue weighted by Crippen LogP contribution is -2.34. The first-order valence-electron chi connectivity index (χ1n) is 5.97. The summed E-state index contributed by atoms with van der Waals surface area (Å²) >= 11 is 0. The SMILES string of the molecule is N#Cc1c(F)cccc1N1CC[C@@H]2CNC[C@@H]21. The summed E-state index contributed by atoms with van der Waals surface area (Å²) in [4.78, 5) is 2.19. The van der Waals surface area contributed by atoms with Gasteiger partial charge in [-0.3, -0.25) is 0 Å². The Morgan fingerprint density at radius 1 is 1.41 bits per heavy atom. The van der Waals surface area contributed by atoms with Crippen molar-refractivity contribution in [3.05, 3.63) is 29.6 Å². The van der Waals surface area contributed by atoms with E-state index >= 15 is 0 Å². The predicted molar refractivity (Wildman–Crippen MR) is 63.2 cm³/mol. The number of nitrogens with zero attached hydrogens (tertiary/aromatic N) is 2. The van der Waals surface area contributed by atoms with Gasteiger partial charge in [0.05, 0.1) is 5.69 Å². The number of benzene rings is 1. The van der Waals surface area contributed by atoms with Gasteiger partial charge in [0.2, 0.25) is 0 Å².